The minimum atomic E-state index is -0.288. The van der Waals surface area contributed by atoms with Gasteiger partial charge in [0.25, 0.3) is 0 Å². The van der Waals surface area contributed by atoms with Crippen LogP contribution in [0.1, 0.15) is 34.6 Å². The summed E-state index contributed by atoms with van der Waals surface area (Å²) in [5, 5.41) is 0. The fourth-order valence-corrected chi connectivity index (χ4v) is 2.03. The maximum absolute atomic E-state index is 12.1. The van der Waals surface area contributed by atoms with Crippen LogP contribution >= 0.6 is 0 Å². The van der Waals surface area contributed by atoms with Crippen molar-refractivity contribution in [3.63, 3.8) is 0 Å². The van der Waals surface area contributed by atoms with Crippen molar-refractivity contribution in [3.05, 3.63) is 0 Å². The van der Waals surface area contributed by atoms with Gasteiger partial charge in [-0.15, -0.1) is 6.42 Å². The van der Waals surface area contributed by atoms with Crippen molar-refractivity contribution in [2.75, 3.05) is 26.2 Å². The zero-order valence-electron chi connectivity index (χ0n) is 11.7. The molecule has 0 aromatic heterocycles. The van der Waals surface area contributed by atoms with Crippen LogP contribution in [0.3, 0.4) is 0 Å². The van der Waals surface area contributed by atoms with Crippen molar-refractivity contribution in [2.45, 2.75) is 40.2 Å². The Bertz CT molecular complexity index is 325. The summed E-state index contributed by atoms with van der Waals surface area (Å²) in [5.74, 6) is 3.04. The summed E-state index contributed by atoms with van der Waals surface area (Å²) in [6, 6.07) is 0. The van der Waals surface area contributed by atoms with E-state index in [-0.39, 0.29) is 16.9 Å². The van der Waals surface area contributed by atoms with E-state index in [0.717, 1.165) is 26.2 Å². The van der Waals surface area contributed by atoms with E-state index >= 15 is 0 Å². The summed E-state index contributed by atoms with van der Waals surface area (Å²) in [6.07, 6.45) is 5.53. The Labute approximate surface area is 105 Å². The summed E-state index contributed by atoms with van der Waals surface area (Å²) in [6.45, 7) is 13.3. The molecule has 0 atom stereocenters. The van der Waals surface area contributed by atoms with Gasteiger partial charge in [-0.25, -0.2) is 0 Å². The molecule has 1 fully saturated rings. The number of amides is 1. The lowest BCUT2D eigenvalue weighted by Gasteiger charge is -2.42. The molecule has 1 saturated heterocycles. The third-order valence-corrected chi connectivity index (χ3v) is 3.35. The SMILES string of the molecule is C#CC(C)(C)N1CCN(C(=O)C(C)(C)C)CC1. The van der Waals surface area contributed by atoms with Gasteiger partial charge in [-0.1, -0.05) is 26.7 Å². The molecule has 0 spiro atoms. The van der Waals surface area contributed by atoms with Gasteiger partial charge in [0.1, 0.15) is 0 Å². The third kappa shape index (κ3) is 3.23. The van der Waals surface area contributed by atoms with E-state index in [1.807, 2.05) is 39.5 Å². The molecule has 0 bridgehead atoms. The van der Waals surface area contributed by atoms with E-state index < -0.39 is 0 Å². The van der Waals surface area contributed by atoms with E-state index in [1.54, 1.807) is 0 Å². The molecule has 0 N–H and O–H groups in total. The first-order chi connectivity index (χ1) is 7.68. The van der Waals surface area contributed by atoms with Crippen molar-refractivity contribution in [3.8, 4) is 12.3 Å². The lowest BCUT2D eigenvalue weighted by molar-refractivity contribution is -0.141. The van der Waals surface area contributed by atoms with Crippen molar-refractivity contribution >= 4 is 5.91 Å². The van der Waals surface area contributed by atoms with Gasteiger partial charge in [-0.3, -0.25) is 9.69 Å². The van der Waals surface area contributed by atoms with Crippen molar-refractivity contribution in [2.24, 2.45) is 5.41 Å². The average molecular weight is 236 g/mol. The summed E-state index contributed by atoms with van der Waals surface area (Å²) in [5.41, 5.74) is -0.499. The highest BCUT2D eigenvalue weighted by Crippen LogP contribution is 2.21. The lowest BCUT2D eigenvalue weighted by Crippen LogP contribution is -2.56. The van der Waals surface area contributed by atoms with Crippen LogP contribution in [0.2, 0.25) is 0 Å². The summed E-state index contributed by atoms with van der Waals surface area (Å²) < 4.78 is 0. The standard InChI is InChI=1S/C14H24N2O/c1-7-14(5,6)16-10-8-15(9-11-16)12(17)13(2,3)4/h1H,8-11H2,2-6H3. The van der Waals surface area contributed by atoms with Gasteiger partial charge in [-0.2, -0.15) is 0 Å². The molecule has 17 heavy (non-hydrogen) atoms. The van der Waals surface area contributed by atoms with Gasteiger partial charge in [0.05, 0.1) is 5.54 Å². The van der Waals surface area contributed by atoms with Crippen LogP contribution < -0.4 is 0 Å². The maximum Gasteiger partial charge on any atom is 0.228 e. The van der Waals surface area contributed by atoms with Gasteiger partial charge >= 0.3 is 0 Å². The van der Waals surface area contributed by atoms with Crippen LogP contribution in [0.5, 0.6) is 0 Å². The number of hydrogen-bond acceptors (Lipinski definition) is 2. The largest absolute Gasteiger partial charge is 0.340 e. The third-order valence-electron chi connectivity index (χ3n) is 3.35. The van der Waals surface area contributed by atoms with Crippen LogP contribution in [-0.2, 0) is 4.79 Å². The number of hydrogen-bond donors (Lipinski definition) is 0. The molecule has 1 rings (SSSR count). The number of carbonyl (C=O) groups is 1. The molecule has 3 nitrogen and oxygen atoms in total. The van der Waals surface area contributed by atoms with Crippen LogP contribution in [0.25, 0.3) is 0 Å². The zero-order chi connectivity index (χ0) is 13.3. The predicted octanol–water partition coefficient (Wildman–Crippen LogP) is 1.59. The molecular weight excluding hydrogens is 212 g/mol. The van der Waals surface area contributed by atoms with Crippen molar-refractivity contribution in [1.82, 2.24) is 9.80 Å². The number of carbonyl (C=O) groups excluding carboxylic acids is 1. The molecule has 1 heterocycles. The molecule has 0 aliphatic carbocycles. The molecule has 1 amide bonds. The van der Waals surface area contributed by atoms with Crippen molar-refractivity contribution in [1.29, 1.82) is 0 Å². The molecule has 0 saturated carbocycles. The van der Waals surface area contributed by atoms with Crippen molar-refractivity contribution < 1.29 is 4.79 Å². The minimum Gasteiger partial charge on any atom is -0.340 e. The molecular formula is C14H24N2O. The van der Waals surface area contributed by atoms with Gasteiger partial charge in [-0.05, 0) is 13.8 Å². The van der Waals surface area contributed by atoms with Gasteiger partial charge in [0, 0.05) is 31.6 Å². The zero-order valence-corrected chi connectivity index (χ0v) is 11.7. The maximum atomic E-state index is 12.1. The highest BCUT2D eigenvalue weighted by molar-refractivity contribution is 5.81. The number of terminal acetylenes is 1. The van der Waals surface area contributed by atoms with Crippen LogP contribution in [0.15, 0.2) is 0 Å². The molecule has 1 aliphatic rings. The molecule has 0 aromatic rings. The van der Waals surface area contributed by atoms with E-state index in [0.29, 0.717) is 0 Å². The topological polar surface area (TPSA) is 23.6 Å². The Morgan fingerprint density at radius 3 is 1.88 bits per heavy atom. The fraction of sp³-hybridized carbons (Fsp3) is 0.786. The Kier molecular flexibility index (Phi) is 3.88. The number of piperazine rings is 1. The highest BCUT2D eigenvalue weighted by Gasteiger charge is 2.33. The molecule has 0 radical (unpaired) electrons. The Morgan fingerprint density at radius 2 is 1.53 bits per heavy atom. The number of rotatable bonds is 1. The van der Waals surface area contributed by atoms with Gasteiger partial charge < -0.3 is 4.90 Å². The normalized spacial score (nSPS) is 18.9. The average Bonchev–Trinajstić information content (AvgIpc) is 2.27. The smallest absolute Gasteiger partial charge is 0.228 e. The second-order valence-electron chi connectivity index (χ2n) is 6.23. The van der Waals surface area contributed by atoms with Crippen LogP contribution in [0.4, 0.5) is 0 Å². The van der Waals surface area contributed by atoms with Crippen LogP contribution in [-0.4, -0.2) is 47.4 Å². The molecule has 0 aromatic carbocycles. The summed E-state index contributed by atoms with van der Waals surface area (Å²) in [7, 11) is 0. The second-order valence-corrected chi connectivity index (χ2v) is 6.23. The molecule has 3 heteroatoms. The quantitative estimate of drug-likeness (QED) is 0.646. The van der Waals surface area contributed by atoms with E-state index in [9.17, 15) is 4.79 Å². The Hall–Kier alpha value is -1.01. The molecule has 0 unspecified atom stereocenters. The molecule has 96 valence electrons. The first kappa shape index (κ1) is 14.1. The van der Waals surface area contributed by atoms with Gasteiger partial charge in [0.2, 0.25) is 5.91 Å². The van der Waals surface area contributed by atoms with E-state index in [2.05, 4.69) is 10.8 Å². The number of nitrogens with zero attached hydrogens (tertiary/aromatic N) is 2. The first-order valence-electron chi connectivity index (χ1n) is 6.20. The fourth-order valence-electron chi connectivity index (χ4n) is 2.03. The van der Waals surface area contributed by atoms with E-state index in [4.69, 9.17) is 6.42 Å². The summed E-state index contributed by atoms with van der Waals surface area (Å²) >= 11 is 0. The Morgan fingerprint density at radius 1 is 1.06 bits per heavy atom. The molecule has 1 aliphatic heterocycles. The van der Waals surface area contributed by atoms with Gasteiger partial charge in [0.15, 0.2) is 0 Å². The van der Waals surface area contributed by atoms with Crippen LogP contribution in [0, 0.1) is 17.8 Å². The highest BCUT2D eigenvalue weighted by atomic mass is 16.2. The van der Waals surface area contributed by atoms with E-state index in [1.165, 1.54) is 0 Å². The summed E-state index contributed by atoms with van der Waals surface area (Å²) in [4.78, 5) is 16.3. The first-order valence-corrected chi connectivity index (χ1v) is 6.20. The monoisotopic (exact) mass is 236 g/mol. The second kappa shape index (κ2) is 4.70. The minimum absolute atomic E-state index is 0.211. The lowest BCUT2D eigenvalue weighted by atomic mass is 9.94. The Balaban J connectivity index is 2.59. The predicted molar refractivity (Wildman–Crippen MR) is 70.5 cm³/mol.